The van der Waals surface area contributed by atoms with Crippen molar-refractivity contribution in [2.24, 2.45) is 5.73 Å². The number of nitrogens with zero attached hydrogens (tertiary/aromatic N) is 1. The molecule has 4 N–H and O–H groups in total. The zero-order chi connectivity index (χ0) is 10.6. The van der Waals surface area contributed by atoms with Crippen molar-refractivity contribution < 1.29 is 9.53 Å². The second kappa shape index (κ2) is 4.50. The molecule has 0 aliphatic carbocycles. The highest BCUT2D eigenvalue weighted by molar-refractivity contribution is 5.71. The van der Waals surface area contributed by atoms with Crippen molar-refractivity contribution in [2.45, 2.75) is 20.4 Å². The van der Waals surface area contributed by atoms with Crippen LogP contribution >= 0.6 is 0 Å². The summed E-state index contributed by atoms with van der Waals surface area (Å²) < 4.78 is 5.26. The molecule has 0 atom stereocenters. The molecule has 1 heterocycles. The van der Waals surface area contributed by atoms with Gasteiger partial charge in [-0.15, -0.1) is 5.10 Å². The quantitative estimate of drug-likeness (QED) is 0.649. The highest BCUT2D eigenvalue weighted by Gasteiger charge is 2.10. The monoisotopic (exact) mass is 198 g/mol. The Labute approximate surface area is 81.8 Å². The van der Waals surface area contributed by atoms with Crippen LogP contribution in [0.3, 0.4) is 0 Å². The fourth-order valence-corrected chi connectivity index (χ4v) is 1.07. The van der Waals surface area contributed by atoms with Gasteiger partial charge in [-0.25, -0.2) is 4.79 Å². The molecule has 0 spiro atoms. The van der Waals surface area contributed by atoms with Crippen molar-refractivity contribution in [2.75, 3.05) is 6.61 Å². The van der Waals surface area contributed by atoms with Crippen LogP contribution in [0.2, 0.25) is 0 Å². The van der Waals surface area contributed by atoms with Crippen molar-refractivity contribution in [3.8, 4) is 5.88 Å². The number of hydrogen-bond acceptors (Lipinski definition) is 3. The number of nitrogens with one attached hydrogen (secondary N) is 2. The molecular formula is C8H14N4O2. The zero-order valence-corrected chi connectivity index (χ0v) is 8.26. The van der Waals surface area contributed by atoms with Gasteiger partial charge in [0, 0.05) is 5.69 Å². The summed E-state index contributed by atoms with van der Waals surface area (Å²) in [6.07, 6.45) is 0. The lowest BCUT2D eigenvalue weighted by Gasteiger charge is -2.04. The molecule has 0 aliphatic rings. The Kier molecular flexibility index (Phi) is 3.33. The molecule has 0 fully saturated rings. The summed E-state index contributed by atoms with van der Waals surface area (Å²) in [5, 5.41) is 9.21. The van der Waals surface area contributed by atoms with E-state index in [1.165, 1.54) is 0 Å². The topological polar surface area (TPSA) is 93.0 Å². The summed E-state index contributed by atoms with van der Waals surface area (Å²) in [7, 11) is 0. The Morgan fingerprint density at radius 2 is 2.43 bits per heavy atom. The van der Waals surface area contributed by atoms with Crippen LogP contribution in [0.4, 0.5) is 4.79 Å². The van der Waals surface area contributed by atoms with E-state index < -0.39 is 6.03 Å². The number of ether oxygens (including phenoxy) is 1. The first-order valence-corrected chi connectivity index (χ1v) is 4.35. The second-order valence-electron chi connectivity index (χ2n) is 2.78. The van der Waals surface area contributed by atoms with Gasteiger partial charge in [0.1, 0.15) is 0 Å². The van der Waals surface area contributed by atoms with Crippen LogP contribution in [0.1, 0.15) is 18.2 Å². The van der Waals surface area contributed by atoms with E-state index >= 15 is 0 Å². The molecule has 6 nitrogen and oxygen atoms in total. The van der Waals surface area contributed by atoms with Crippen molar-refractivity contribution >= 4 is 6.03 Å². The van der Waals surface area contributed by atoms with Gasteiger partial charge in [-0.1, -0.05) is 0 Å². The maximum Gasteiger partial charge on any atom is 0.312 e. The number of carbonyl (C=O) groups is 1. The molecule has 1 aromatic heterocycles. The first kappa shape index (κ1) is 10.4. The molecule has 78 valence electrons. The summed E-state index contributed by atoms with van der Waals surface area (Å²) in [6.45, 7) is 4.59. The standard InChI is InChI=1S/C8H14N4O2/c1-3-14-7-6(4-10-8(9)13)5(2)11-12-7/h3-4H2,1-2H3,(H,11,12)(H3,9,10,13). The van der Waals surface area contributed by atoms with E-state index in [4.69, 9.17) is 10.5 Å². The predicted octanol–water partition coefficient (Wildman–Crippen LogP) is 0.285. The SMILES string of the molecule is CCOc1n[nH]c(C)c1CNC(N)=O. The van der Waals surface area contributed by atoms with Gasteiger partial charge in [-0.3, -0.25) is 5.10 Å². The number of urea groups is 1. The van der Waals surface area contributed by atoms with Crippen LogP contribution in [0, 0.1) is 6.92 Å². The van der Waals surface area contributed by atoms with Crippen LogP contribution in [-0.2, 0) is 6.54 Å². The number of aromatic amines is 1. The molecule has 0 radical (unpaired) electrons. The minimum Gasteiger partial charge on any atom is -0.477 e. The van der Waals surface area contributed by atoms with E-state index in [1.807, 2.05) is 13.8 Å². The molecule has 1 aromatic rings. The average molecular weight is 198 g/mol. The number of amides is 2. The van der Waals surface area contributed by atoms with E-state index in [1.54, 1.807) is 0 Å². The molecule has 0 aromatic carbocycles. The lowest BCUT2D eigenvalue weighted by molar-refractivity contribution is 0.248. The van der Waals surface area contributed by atoms with E-state index in [9.17, 15) is 4.79 Å². The van der Waals surface area contributed by atoms with Crippen molar-refractivity contribution in [1.29, 1.82) is 0 Å². The molecule has 2 amide bonds. The number of aromatic nitrogens is 2. The van der Waals surface area contributed by atoms with Crippen LogP contribution in [0.15, 0.2) is 0 Å². The number of aryl methyl sites for hydroxylation is 1. The summed E-state index contributed by atoms with van der Waals surface area (Å²) in [5.74, 6) is 0.513. The van der Waals surface area contributed by atoms with Crippen molar-refractivity contribution in [1.82, 2.24) is 15.5 Å². The van der Waals surface area contributed by atoms with Crippen LogP contribution < -0.4 is 15.8 Å². The van der Waals surface area contributed by atoms with Crippen LogP contribution in [-0.4, -0.2) is 22.8 Å². The fourth-order valence-electron chi connectivity index (χ4n) is 1.07. The normalized spacial score (nSPS) is 9.86. The van der Waals surface area contributed by atoms with Gasteiger partial charge in [0.25, 0.3) is 0 Å². The average Bonchev–Trinajstić information content (AvgIpc) is 2.45. The Bertz CT molecular complexity index is 321. The third-order valence-electron chi connectivity index (χ3n) is 1.76. The Hall–Kier alpha value is -1.72. The summed E-state index contributed by atoms with van der Waals surface area (Å²) in [6, 6.07) is -0.562. The smallest absolute Gasteiger partial charge is 0.312 e. The zero-order valence-electron chi connectivity index (χ0n) is 8.26. The molecule has 0 bridgehead atoms. The summed E-state index contributed by atoms with van der Waals surface area (Å²) in [4.78, 5) is 10.5. The summed E-state index contributed by atoms with van der Waals surface area (Å²) in [5.41, 5.74) is 6.65. The van der Waals surface area contributed by atoms with E-state index in [0.29, 0.717) is 19.0 Å². The van der Waals surface area contributed by atoms with Crippen molar-refractivity contribution in [3.63, 3.8) is 0 Å². The molecule has 0 unspecified atom stereocenters. The van der Waals surface area contributed by atoms with Crippen molar-refractivity contribution in [3.05, 3.63) is 11.3 Å². The highest BCUT2D eigenvalue weighted by Crippen LogP contribution is 2.17. The van der Waals surface area contributed by atoms with Gasteiger partial charge in [-0.05, 0) is 13.8 Å². The third kappa shape index (κ3) is 2.38. The first-order chi connectivity index (χ1) is 6.65. The molecular weight excluding hydrogens is 184 g/mol. The minimum atomic E-state index is -0.562. The Balaban J connectivity index is 2.71. The fraction of sp³-hybridized carbons (Fsp3) is 0.500. The Morgan fingerprint density at radius 3 is 3.00 bits per heavy atom. The number of primary amides is 1. The van der Waals surface area contributed by atoms with Crippen LogP contribution in [0.25, 0.3) is 0 Å². The lowest BCUT2D eigenvalue weighted by Crippen LogP contribution is -2.28. The molecule has 0 saturated carbocycles. The third-order valence-corrected chi connectivity index (χ3v) is 1.76. The van der Waals surface area contributed by atoms with Gasteiger partial charge < -0.3 is 15.8 Å². The Morgan fingerprint density at radius 1 is 1.71 bits per heavy atom. The number of H-pyrrole nitrogens is 1. The molecule has 6 heteroatoms. The highest BCUT2D eigenvalue weighted by atomic mass is 16.5. The van der Waals surface area contributed by atoms with E-state index in [2.05, 4.69) is 15.5 Å². The second-order valence-corrected chi connectivity index (χ2v) is 2.78. The number of rotatable bonds is 4. The van der Waals surface area contributed by atoms with E-state index in [-0.39, 0.29) is 0 Å². The maximum atomic E-state index is 10.5. The van der Waals surface area contributed by atoms with Gasteiger partial charge in [0.15, 0.2) is 0 Å². The first-order valence-electron chi connectivity index (χ1n) is 4.35. The van der Waals surface area contributed by atoms with Gasteiger partial charge in [-0.2, -0.15) is 0 Å². The van der Waals surface area contributed by atoms with E-state index in [0.717, 1.165) is 11.3 Å². The molecule has 0 saturated heterocycles. The lowest BCUT2D eigenvalue weighted by atomic mass is 10.2. The number of carbonyl (C=O) groups excluding carboxylic acids is 1. The number of nitrogens with two attached hydrogens (primary N) is 1. The number of hydrogen-bond donors (Lipinski definition) is 3. The van der Waals surface area contributed by atoms with Crippen LogP contribution in [0.5, 0.6) is 5.88 Å². The van der Waals surface area contributed by atoms with Gasteiger partial charge in [0.2, 0.25) is 5.88 Å². The van der Waals surface area contributed by atoms with Gasteiger partial charge in [0.05, 0.1) is 18.7 Å². The maximum absolute atomic E-state index is 10.5. The molecule has 1 rings (SSSR count). The molecule has 14 heavy (non-hydrogen) atoms. The minimum absolute atomic E-state index is 0.326. The predicted molar refractivity (Wildman–Crippen MR) is 50.9 cm³/mol. The summed E-state index contributed by atoms with van der Waals surface area (Å²) >= 11 is 0. The van der Waals surface area contributed by atoms with Gasteiger partial charge >= 0.3 is 6.03 Å². The molecule has 0 aliphatic heterocycles. The largest absolute Gasteiger partial charge is 0.477 e.